The van der Waals surface area contributed by atoms with Crippen molar-refractivity contribution in [2.24, 2.45) is 0 Å². The van der Waals surface area contributed by atoms with Crippen LogP contribution in [0.1, 0.15) is 32.7 Å². The molecule has 0 bridgehead atoms. The molecule has 2 heterocycles. The van der Waals surface area contributed by atoms with Crippen LogP contribution in [0.5, 0.6) is 5.88 Å². The van der Waals surface area contributed by atoms with Crippen LogP contribution in [-0.2, 0) is 11.3 Å². The van der Waals surface area contributed by atoms with Gasteiger partial charge in [0.2, 0.25) is 5.88 Å². The Bertz CT molecular complexity index is 934. The molecule has 3 rings (SSSR count). The molecule has 0 amide bonds. The van der Waals surface area contributed by atoms with Crippen LogP contribution < -0.4 is 4.74 Å². The lowest BCUT2D eigenvalue weighted by Gasteiger charge is -2.15. The first-order chi connectivity index (χ1) is 12.0. The molecule has 5 heteroatoms. The van der Waals surface area contributed by atoms with Crippen LogP contribution in [0, 0.1) is 20.8 Å². The number of methoxy groups -OCH3 is 2. The molecule has 0 fully saturated rings. The summed E-state index contributed by atoms with van der Waals surface area (Å²) in [6.45, 7) is 6.87. The second-order valence-electron chi connectivity index (χ2n) is 6.24. The molecule has 2 aromatic heterocycles. The number of rotatable bonds is 4. The van der Waals surface area contributed by atoms with Gasteiger partial charge in [0.05, 0.1) is 25.1 Å². The minimum Gasteiger partial charge on any atom is -0.481 e. The first-order valence-corrected chi connectivity index (χ1v) is 8.13. The zero-order valence-electron chi connectivity index (χ0n) is 15.2. The number of aromatic nitrogens is 2. The third-order valence-corrected chi connectivity index (χ3v) is 4.54. The topological polar surface area (TPSA) is 53.4 Å². The summed E-state index contributed by atoms with van der Waals surface area (Å²) in [6.07, 6.45) is 1.69. The molecule has 1 aromatic carbocycles. The van der Waals surface area contributed by atoms with Crippen molar-refractivity contribution in [3.8, 4) is 5.88 Å². The molecule has 0 radical (unpaired) electrons. The van der Waals surface area contributed by atoms with Gasteiger partial charge in [-0.05, 0) is 49.6 Å². The molecule has 0 atom stereocenters. The molecule has 0 aliphatic carbocycles. The summed E-state index contributed by atoms with van der Waals surface area (Å²) in [6, 6.07) is 8.00. The summed E-state index contributed by atoms with van der Waals surface area (Å²) in [7, 11) is 2.97. The van der Waals surface area contributed by atoms with E-state index in [1.165, 1.54) is 29.4 Å². The molecule has 0 spiro atoms. The molecule has 0 saturated heterocycles. The van der Waals surface area contributed by atoms with Crippen LogP contribution in [-0.4, -0.2) is 29.7 Å². The number of hydrogen-bond donors (Lipinski definition) is 0. The number of nitrogens with zero attached hydrogens (tertiary/aromatic N) is 2. The highest BCUT2D eigenvalue weighted by molar-refractivity contribution is 5.97. The van der Waals surface area contributed by atoms with Gasteiger partial charge in [0.25, 0.3) is 0 Å². The average Bonchev–Trinajstić information content (AvgIpc) is 2.95. The smallest absolute Gasteiger partial charge is 0.354 e. The second kappa shape index (κ2) is 6.59. The highest BCUT2D eigenvalue weighted by Gasteiger charge is 2.20. The molecule has 0 aliphatic rings. The van der Waals surface area contributed by atoms with Crippen molar-refractivity contribution in [2.45, 2.75) is 27.3 Å². The van der Waals surface area contributed by atoms with Gasteiger partial charge in [-0.2, -0.15) is 0 Å². The molecular weight excluding hydrogens is 316 g/mol. The van der Waals surface area contributed by atoms with Crippen molar-refractivity contribution in [1.82, 2.24) is 9.55 Å². The molecule has 0 saturated carbocycles. The lowest BCUT2D eigenvalue weighted by molar-refractivity contribution is 0.0589. The fourth-order valence-electron chi connectivity index (χ4n) is 3.38. The number of carbonyl (C=O) groups is 1. The van der Waals surface area contributed by atoms with Crippen LogP contribution in [0.2, 0.25) is 0 Å². The lowest BCUT2D eigenvalue weighted by Crippen LogP contribution is -2.12. The molecule has 0 aliphatic heterocycles. The van der Waals surface area contributed by atoms with Gasteiger partial charge in [0.15, 0.2) is 0 Å². The van der Waals surface area contributed by atoms with Crippen LogP contribution in [0.4, 0.5) is 0 Å². The Morgan fingerprint density at radius 2 is 1.80 bits per heavy atom. The van der Waals surface area contributed by atoms with Gasteiger partial charge in [-0.15, -0.1) is 0 Å². The summed E-state index contributed by atoms with van der Waals surface area (Å²) in [5, 5.41) is 0.799. The minimum absolute atomic E-state index is 0.374. The molecule has 0 N–H and O–H groups in total. The third kappa shape index (κ3) is 2.97. The van der Waals surface area contributed by atoms with Crippen molar-refractivity contribution < 1.29 is 14.3 Å². The summed E-state index contributed by atoms with van der Waals surface area (Å²) in [5.41, 5.74) is 6.22. The van der Waals surface area contributed by atoms with E-state index >= 15 is 0 Å². The van der Waals surface area contributed by atoms with E-state index in [0.29, 0.717) is 18.1 Å². The molecule has 0 unspecified atom stereocenters. The first kappa shape index (κ1) is 17.0. The zero-order chi connectivity index (χ0) is 18.1. The molecule has 3 aromatic rings. The van der Waals surface area contributed by atoms with Gasteiger partial charge in [-0.25, -0.2) is 9.78 Å². The van der Waals surface area contributed by atoms with Crippen molar-refractivity contribution >= 4 is 16.9 Å². The van der Waals surface area contributed by atoms with E-state index in [1.807, 2.05) is 10.6 Å². The van der Waals surface area contributed by atoms with Crippen LogP contribution >= 0.6 is 0 Å². The maximum Gasteiger partial charge on any atom is 0.354 e. The third-order valence-electron chi connectivity index (χ3n) is 4.54. The van der Waals surface area contributed by atoms with E-state index in [9.17, 15) is 4.79 Å². The molecule has 25 heavy (non-hydrogen) atoms. The fraction of sp³-hybridized carbons (Fsp3) is 0.300. The van der Waals surface area contributed by atoms with E-state index < -0.39 is 0 Å². The van der Waals surface area contributed by atoms with E-state index in [2.05, 4.69) is 37.9 Å². The number of ether oxygens (including phenoxy) is 2. The van der Waals surface area contributed by atoms with Crippen LogP contribution in [0.3, 0.4) is 0 Å². The predicted octanol–water partition coefficient (Wildman–Crippen LogP) is 3.81. The predicted molar refractivity (Wildman–Crippen MR) is 97.4 cm³/mol. The molecule has 5 nitrogen and oxygen atoms in total. The fourth-order valence-corrected chi connectivity index (χ4v) is 3.38. The monoisotopic (exact) mass is 338 g/mol. The molecular formula is C20H22N2O3. The van der Waals surface area contributed by atoms with Gasteiger partial charge < -0.3 is 14.0 Å². The number of hydrogen-bond acceptors (Lipinski definition) is 4. The van der Waals surface area contributed by atoms with Gasteiger partial charge >= 0.3 is 5.97 Å². The number of fused-ring (bicyclic) bond motifs is 1. The number of benzene rings is 1. The Labute approximate surface area is 147 Å². The quantitative estimate of drug-likeness (QED) is 0.679. The van der Waals surface area contributed by atoms with Crippen LogP contribution in [0.25, 0.3) is 10.9 Å². The van der Waals surface area contributed by atoms with Crippen molar-refractivity contribution in [1.29, 1.82) is 0 Å². The number of carbonyl (C=O) groups excluding carboxylic acids is 1. The Balaban J connectivity index is 2.23. The maximum absolute atomic E-state index is 12.3. The highest BCUT2D eigenvalue weighted by atomic mass is 16.5. The highest BCUT2D eigenvalue weighted by Crippen LogP contribution is 2.29. The van der Waals surface area contributed by atoms with Crippen molar-refractivity contribution in [3.05, 3.63) is 58.4 Å². The Kier molecular flexibility index (Phi) is 4.49. The van der Waals surface area contributed by atoms with E-state index in [1.54, 1.807) is 19.4 Å². The van der Waals surface area contributed by atoms with E-state index in [0.717, 1.165) is 10.9 Å². The first-order valence-electron chi connectivity index (χ1n) is 8.13. The minimum atomic E-state index is -0.374. The summed E-state index contributed by atoms with van der Waals surface area (Å²) in [5.74, 6) is 0.124. The Hall–Kier alpha value is -2.82. The van der Waals surface area contributed by atoms with Gasteiger partial charge in [-0.3, -0.25) is 0 Å². The lowest BCUT2D eigenvalue weighted by atomic mass is 9.99. The summed E-state index contributed by atoms with van der Waals surface area (Å²) in [4.78, 5) is 16.5. The SMILES string of the molecule is COC(=O)c1cc2c(OC)nccc2n1Cc1c(C)cc(C)cc1C. The number of aryl methyl sites for hydroxylation is 3. The maximum atomic E-state index is 12.3. The zero-order valence-corrected chi connectivity index (χ0v) is 15.2. The standard InChI is InChI=1S/C20H22N2O3/c1-12-8-13(2)16(14(3)9-12)11-22-17-6-7-21-19(24-4)15(17)10-18(22)20(23)25-5/h6-10H,11H2,1-5H3. The summed E-state index contributed by atoms with van der Waals surface area (Å²) >= 11 is 0. The normalized spacial score (nSPS) is 10.9. The molecule has 130 valence electrons. The largest absolute Gasteiger partial charge is 0.481 e. The van der Waals surface area contributed by atoms with E-state index in [-0.39, 0.29) is 5.97 Å². The average molecular weight is 338 g/mol. The summed E-state index contributed by atoms with van der Waals surface area (Å²) < 4.78 is 12.3. The van der Waals surface area contributed by atoms with Crippen LogP contribution in [0.15, 0.2) is 30.5 Å². The van der Waals surface area contributed by atoms with Crippen molar-refractivity contribution in [2.75, 3.05) is 14.2 Å². The Morgan fingerprint density at radius 1 is 1.12 bits per heavy atom. The Morgan fingerprint density at radius 3 is 2.40 bits per heavy atom. The van der Waals surface area contributed by atoms with Gasteiger partial charge in [-0.1, -0.05) is 17.7 Å². The number of pyridine rings is 1. The van der Waals surface area contributed by atoms with Gasteiger partial charge in [0, 0.05) is 12.7 Å². The number of esters is 1. The van der Waals surface area contributed by atoms with Gasteiger partial charge in [0.1, 0.15) is 5.69 Å². The van der Waals surface area contributed by atoms with E-state index in [4.69, 9.17) is 9.47 Å². The second-order valence-corrected chi connectivity index (χ2v) is 6.24. The van der Waals surface area contributed by atoms with Crippen molar-refractivity contribution in [3.63, 3.8) is 0 Å².